The maximum Gasteiger partial charge on any atom is 0.176 e. The van der Waals surface area contributed by atoms with Crippen LogP contribution in [0.25, 0.3) is 0 Å². The summed E-state index contributed by atoms with van der Waals surface area (Å²) in [6, 6.07) is 6.75. The molecule has 0 aliphatic carbocycles. The zero-order valence-corrected chi connectivity index (χ0v) is 15.1. The van der Waals surface area contributed by atoms with Gasteiger partial charge in [0.05, 0.1) is 24.8 Å². The van der Waals surface area contributed by atoms with E-state index in [9.17, 15) is 10.2 Å². The molecular formula is C18H29N3O4. The first-order valence-corrected chi connectivity index (χ1v) is 8.77. The number of likely N-dealkylation sites (N-methyl/N-ethyl adjacent to an activating group) is 2. The van der Waals surface area contributed by atoms with E-state index in [1.54, 1.807) is 12.1 Å². The Labute approximate surface area is 149 Å². The van der Waals surface area contributed by atoms with E-state index in [4.69, 9.17) is 9.47 Å². The molecule has 140 valence electrons. The van der Waals surface area contributed by atoms with Crippen LogP contribution in [0.3, 0.4) is 0 Å². The molecule has 2 saturated heterocycles. The van der Waals surface area contributed by atoms with Gasteiger partial charge in [-0.3, -0.25) is 4.90 Å². The standard InChI is InChI=1S/C18H29N3O4/c1-20(2)8-9-21(3)16-17(23)15(14-11-24-18(16)25-14)19-10-12-6-4-5-7-13(12)22/h4-7,14-19,22-23H,8-11H2,1-3H3/t14-,15-,16-,17+,18-/m1/s1. The second-order valence-electron chi connectivity index (χ2n) is 7.18. The van der Waals surface area contributed by atoms with Crippen LogP contribution in [-0.2, 0) is 16.0 Å². The minimum Gasteiger partial charge on any atom is -0.508 e. The fraction of sp³-hybridized carbons (Fsp3) is 0.667. The molecular weight excluding hydrogens is 322 g/mol. The lowest BCUT2D eigenvalue weighted by molar-refractivity contribution is -0.179. The van der Waals surface area contributed by atoms with E-state index in [0.717, 1.165) is 18.7 Å². The number of benzene rings is 1. The Bertz CT molecular complexity index is 571. The summed E-state index contributed by atoms with van der Waals surface area (Å²) in [5.74, 6) is 0.251. The van der Waals surface area contributed by atoms with Gasteiger partial charge in [0.1, 0.15) is 11.9 Å². The first-order valence-electron chi connectivity index (χ1n) is 8.77. The van der Waals surface area contributed by atoms with E-state index >= 15 is 0 Å². The fourth-order valence-electron chi connectivity index (χ4n) is 3.52. The minimum atomic E-state index is -0.607. The summed E-state index contributed by atoms with van der Waals surface area (Å²) in [5, 5.41) is 24.2. The highest BCUT2D eigenvalue weighted by molar-refractivity contribution is 5.31. The van der Waals surface area contributed by atoms with E-state index in [2.05, 4.69) is 15.1 Å². The summed E-state index contributed by atoms with van der Waals surface area (Å²) in [5.41, 5.74) is 0.799. The normalized spacial score (nSPS) is 31.8. The molecule has 0 spiro atoms. The molecule has 0 saturated carbocycles. The third kappa shape index (κ3) is 4.13. The average molecular weight is 351 g/mol. The van der Waals surface area contributed by atoms with Crippen molar-refractivity contribution < 1.29 is 19.7 Å². The number of fused-ring (bicyclic) bond motifs is 2. The molecule has 2 aliphatic rings. The molecule has 3 N–H and O–H groups in total. The van der Waals surface area contributed by atoms with Gasteiger partial charge >= 0.3 is 0 Å². The fourth-order valence-corrected chi connectivity index (χ4v) is 3.52. The van der Waals surface area contributed by atoms with Crippen LogP contribution in [0, 0.1) is 0 Å². The van der Waals surface area contributed by atoms with Crippen molar-refractivity contribution in [2.24, 2.45) is 0 Å². The Hall–Kier alpha value is -1.22. The molecule has 7 nitrogen and oxygen atoms in total. The number of nitrogens with one attached hydrogen (secondary N) is 1. The van der Waals surface area contributed by atoms with Crippen LogP contribution in [0.2, 0.25) is 0 Å². The molecule has 3 rings (SSSR count). The summed E-state index contributed by atoms with van der Waals surface area (Å²) >= 11 is 0. The molecule has 0 radical (unpaired) electrons. The minimum absolute atomic E-state index is 0.177. The average Bonchev–Trinajstić information content (AvgIpc) is 2.99. The number of aliphatic hydroxyl groups is 1. The first-order chi connectivity index (χ1) is 12.0. The molecule has 2 bridgehead atoms. The zero-order valence-electron chi connectivity index (χ0n) is 15.1. The number of ether oxygens (including phenoxy) is 2. The summed E-state index contributed by atoms with van der Waals surface area (Å²) in [7, 11) is 6.05. The molecule has 0 aromatic heterocycles. The van der Waals surface area contributed by atoms with Crippen LogP contribution in [0.1, 0.15) is 5.56 Å². The molecule has 7 heteroatoms. The van der Waals surface area contributed by atoms with Gasteiger partial charge in [-0.25, -0.2) is 0 Å². The maximum absolute atomic E-state index is 11.0. The van der Waals surface area contributed by atoms with Gasteiger partial charge in [-0.05, 0) is 27.2 Å². The van der Waals surface area contributed by atoms with Crippen molar-refractivity contribution in [3.63, 3.8) is 0 Å². The zero-order chi connectivity index (χ0) is 18.0. The predicted octanol–water partition coefficient (Wildman–Crippen LogP) is -0.172. The summed E-state index contributed by atoms with van der Waals surface area (Å²) in [6.45, 7) is 2.64. The second kappa shape index (κ2) is 7.99. The molecule has 0 amide bonds. The van der Waals surface area contributed by atoms with Crippen molar-refractivity contribution in [1.29, 1.82) is 0 Å². The number of phenols is 1. The van der Waals surface area contributed by atoms with E-state index in [1.165, 1.54) is 0 Å². The van der Waals surface area contributed by atoms with Crippen molar-refractivity contribution in [2.45, 2.75) is 37.1 Å². The quantitative estimate of drug-likeness (QED) is 0.629. The van der Waals surface area contributed by atoms with E-state index in [-0.39, 0.29) is 23.9 Å². The third-order valence-corrected chi connectivity index (χ3v) is 5.06. The number of phenolic OH excluding ortho intramolecular Hbond substituents is 1. The van der Waals surface area contributed by atoms with Gasteiger partial charge in [0, 0.05) is 25.2 Å². The molecule has 0 unspecified atom stereocenters. The molecule has 1 aromatic rings. The molecule has 5 atom stereocenters. The van der Waals surface area contributed by atoms with Crippen molar-refractivity contribution >= 4 is 0 Å². The molecule has 1 aromatic carbocycles. The number of para-hydroxylation sites is 1. The smallest absolute Gasteiger partial charge is 0.176 e. The van der Waals surface area contributed by atoms with Crippen LogP contribution >= 0.6 is 0 Å². The molecule has 2 fully saturated rings. The van der Waals surface area contributed by atoms with Crippen molar-refractivity contribution in [1.82, 2.24) is 15.1 Å². The topological polar surface area (TPSA) is 77.4 Å². The predicted molar refractivity (Wildman–Crippen MR) is 94.3 cm³/mol. The second-order valence-corrected chi connectivity index (χ2v) is 7.18. The molecule has 25 heavy (non-hydrogen) atoms. The molecule has 2 heterocycles. The van der Waals surface area contributed by atoms with Crippen LogP contribution in [0.5, 0.6) is 5.75 Å². The highest BCUT2D eigenvalue weighted by atomic mass is 16.7. The van der Waals surface area contributed by atoms with Crippen molar-refractivity contribution in [3.05, 3.63) is 29.8 Å². The van der Waals surface area contributed by atoms with Crippen LogP contribution in [-0.4, -0.2) is 91.4 Å². The SMILES string of the molecule is CN(C)CCN(C)[C@H]1[C@@H]2OC[C@@H](O2)[C@@H](NCc2ccccc2O)[C@@H]1O. The van der Waals surface area contributed by atoms with Crippen molar-refractivity contribution in [2.75, 3.05) is 40.8 Å². The Morgan fingerprint density at radius 1 is 1.20 bits per heavy atom. The Balaban J connectivity index is 1.66. The van der Waals surface area contributed by atoms with Gasteiger partial charge in [-0.2, -0.15) is 0 Å². The van der Waals surface area contributed by atoms with Gasteiger partial charge in [0.2, 0.25) is 0 Å². The number of aromatic hydroxyl groups is 1. The lowest BCUT2D eigenvalue weighted by atomic mass is 9.94. The largest absolute Gasteiger partial charge is 0.508 e. The van der Waals surface area contributed by atoms with Gasteiger partial charge in [-0.15, -0.1) is 0 Å². The summed E-state index contributed by atoms with van der Waals surface area (Å²) in [6.07, 6.45) is -1.18. The number of aliphatic hydroxyl groups excluding tert-OH is 1. The van der Waals surface area contributed by atoms with Crippen LogP contribution in [0.15, 0.2) is 24.3 Å². The van der Waals surface area contributed by atoms with Gasteiger partial charge in [0.25, 0.3) is 0 Å². The summed E-state index contributed by atoms with van der Waals surface area (Å²) < 4.78 is 11.7. The first kappa shape index (κ1) is 18.6. The monoisotopic (exact) mass is 351 g/mol. The maximum atomic E-state index is 11.0. The Morgan fingerprint density at radius 2 is 1.96 bits per heavy atom. The van der Waals surface area contributed by atoms with Crippen LogP contribution in [0.4, 0.5) is 0 Å². The highest BCUT2D eigenvalue weighted by Crippen LogP contribution is 2.31. The lowest BCUT2D eigenvalue weighted by Gasteiger charge is -2.43. The Kier molecular flexibility index (Phi) is 5.93. The van der Waals surface area contributed by atoms with Crippen LogP contribution < -0.4 is 5.32 Å². The van der Waals surface area contributed by atoms with Crippen molar-refractivity contribution in [3.8, 4) is 5.75 Å². The lowest BCUT2D eigenvalue weighted by Crippen LogP contribution is -2.64. The summed E-state index contributed by atoms with van der Waals surface area (Å²) in [4.78, 5) is 4.21. The highest BCUT2D eigenvalue weighted by Gasteiger charge is 2.51. The third-order valence-electron chi connectivity index (χ3n) is 5.06. The number of hydrogen-bond acceptors (Lipinski definition) is 7. The van der Waals surface area contributed by atoms with E-state index in [0.29, 0.717) is 13.2 Å². The van der Waals surface area contributed by atoms with Gasteiger partial charge in [0.15, 0.2) is 6.29 Å². The number of hydrogen-bond donors (Lipinski definition) is 3. The van der Waals surface area contributed by atoms with E-state index in [1.807, 2.05) is 33.3 Å². The van der Waals surface area contributed by atoms with E-state index < -0.39 is 12.4 Å². The Morgan fingerprint density at radius 3 is 2.68 bits per heavy atom. The molecule has 2 aliphatic heterocycles. The van der Waals surface area contributed by atoms with Gasteiger partial charge < -0.3 is 29.9 Å². The number of rotatable bonds is 7. The number of nitrogens with zero attached hydrogens (tertiary/aromatic N) is 2. The van der Waals surface area contributed by atoms with Gasteiger partial charge in [-0.1, -0.05) is 18.2 Å².